The molecule has 2 radical (unpaired) electrons. The van der Waals surface area contributed by atoms with Crippen molar-refractivity contribution < 1.29 is 18.0 Å². The Labute approximate surface area is 190 Å². The number of carbonyl (C=O) groups is 1. The van der Waals surface area contributed by atoms with Gasteiger partial charge in [-0.2, -0.15) is 0 Å². The van der Waals surface area contributed by atoms with Crippen LogP contribution in [0.25, 0.3) is 10.4 Å². The van der Waals surface area contributed by atoms with E-state index in [9.17, 15) is 18.0 Å². The third-order valence-electron chi connectivity index (χ3n) is 5.20. The first-order valence-electron chi connectivity index (χ1n) is 9.70. The van der Waals surface area contributed by atoms with Crippen LogP contribution in [-0.4, -0.2) is 34.3 Å². The molecule has 0 aliphatic carbocycles. The number of alkyl halides is 3. The third kappa shape index (κ3) is 4.96. The number of fused-ring (bicyclic) bond motifs is 1. The van der Waals surface area contributed by atoms with Crippen molar-refractivity contribution in [3.8, 4) is 10.4 Å². The molecule has 2 heterocycles. The van der Waals surface area contributed by atoms with Crippen LogP contribution in [0, 0.1) is 0 Å². The van der Waals surface area contributed by atoms with Crippen molar-refractivity contribution in [1.29, 1.82) is 0 Å². The molecule has 1 unspecified atom stereocenters. The molecule has 9 heteroatoms. The minimum atomic E-state index is -4.31. The van der Waals surface area contributed by atoms with Crippen LogP contribution in [-0.2, 0) is 17.4 Å². The second kappa shape index (κ2) is 8.67. The molecule has 0 spiro atoms. The summed E-state index contributed by atoms with van der Waals surface area (Å²) in [6.45, 7) is 2.52. The van der Waals surface area contributed by atoms with Gasteiger partial charge in [-0.15, -0.1) is 0 Å². The Hall–Kier alpha value is -2.31. The number of hydrogen-bond acceptors (Lipinski definition) is 4. The number of hydrogen-bond donors (Lipinski definition) is 2. The maximum absolute atomic E-state index is 12.7. The Balaban J connectivity index is 1.35. The van der Waals surface area contributed by atoms with E-state index in [4.69, 9.17) is 0 Å². The fourth-order valence-corrected chi connectivity index (χ4v) is 4.89. The van der Waals surface area contributed by atoms with E-state index in [0.717, 1.165) is 44.5 Å². The molecule has 2 N–H and O–H groups in total. The van der Waals surface area contributed by atoms with Gasteiger partial charge < -0.3 is 0 Å². The van der Waals surface area contributed by atoms with E-state index in [1.165, 1.54) is 23.5 Å². The molecule has 2 atom stereocenters. The van der Waals surface area contributed by atoms with Crippen molar-refractivity contribution in [2.24, 2.45) is 0 Å². The first-order chi connectivity index (χ1) is 14.7. The van der Waals surface area contributed by atoms with Crippen molar-refractivity contribution in [3.05, 3.63) is 65.4 Å². The van der Waals surface area contributed by atoms with E-state index in [1.54, 1.807) is 6.20 Å². The van der Waals surface area contributed by atoms with Gasteiger partial charge in [0, 0.05) is 0 Å². The summed E-state index contributed by atoms with van der Waals surface area (Å²) < 4.78 is 38.2. The summed E-state index contributed by atoms with van der Waals surface area (Å²) >= 11 is 4.09. The first kappa shape index (κ1) is 21.9. The molecule has 0 saturated heterocycles. The summed E-state index contributed by atoms with van der Waals surface area (Å²) in [6, 6.07) is 11.2. The average molecular weight is 505 g/mol. The number of carbonyl (C=O) groups excluding carboxylic acids is 1. The number of nitrogens with one attached hydrogen (secondary N) is 2. The summed E-state index contributed by atoms with van der Waals surface area (Å²) in [4.78, 5) is 17.3. The Morgan fingerprint density at radius 1 is 1.23 bits per heavy atom. The monoisotopic (exact) mass is 505 g/mol. The molecule has 3 aromatic rings. The second-order valence-electron chi connectivity index (χ2n) is 7.48. The molecule has 1 amide bonds. The van der Waals surface area contributed by atoms with E-state index in [0.29, 0.717) is 13.0 Å². The topological polar surface area (TPSA) is 54.0 Å². The summed E-state index contributed by atoms with van der Waals surface area (Å²) in [7, 11) is 0. The Bertz CT molecular complexity index is 1100. The van der Waals surface area contributed by atoms with Gasteiger partial charge in [-0.05, 0) is 0 Å². The van der Waals surface area contributed by atoms with Gasteiger partial charge in [0.25, 0.3) is 0 Å². The molecule has 2 aromatic carbocycles. The Morgan fingerprint density at radius 3 is 2.68 bits per heavy atom. The fraction of sp³-hybridized carbons (Fsp3) is 0.273. The molecule has 1 aliphatic heterocycles. The number of nitrogens with zero attached hydrogens (tertiary/aromatic N) is 1. The van der Waals surface area contributed by atoms with E-state index in [1.807, 2.05) is 25.1 Å². The second-order valence-corrected chi connectivity index (χ2v) is 10.0. The molecule has 160 valence electrons. The molecule has 0 saturated carbocycles. The summed E-state index contributed by atoms with van der Waals surface area (Å²) in [5.41, 5.74) is 3.09. The quantitative estimate of drug-likeness (QED) is 0.436. The maximum atomic E-state index is 12.7. The van der Waals surface area contributed by atoms with Gasteiger partial charge in [0.05, 0.1) is 0 Å². The van der Waals surface area contributed by atoms with Crippen molar-refractivity contribution in [1.82, 2.24) is 4.98 Å². The zero-order valence-electron chi connectivity index (χ0n) is 16.5. The number of rotatable bonds is 6. The summed E-state index contributed by atoms with van der Waals surface area (Å²) in [6.07, 6.45) is -1.86. The van der Waals surface area contributed by atoms with Gasteiger partial charge in [-0.25, -0.2) is 0 Å². The van der Waals surface area contributed by atoms with E-state index in [-0.39, 0.29) is 16.5 Å². The van der Waals surface area contributed by atoms with Gasteiger partial charge in [0.1, 0.15) is 0 Å². The predicted octanol–water partition coefficient (Wildman–Crippen LogP) is 5.50. The predicted molar refractivity (Wildman–Crippen MR) is 118 cm³/mol. The number of halogens is 3. The molecule has 1 aliphatic rings. The minimum absolute atomic E-state index is 0.0129. The molecule has 4 nitrogen and oxygen atoms in total. The molecule has 0 bridgehead atoms. The Morgan fingerprint density at radius 2 is 1.97 bits per heavy atom. The van der Waals surface area contributed by atoms with Crippen LogP contribution in [0.1, 0.15) is 29.5 Å². The standard InChI is InChI=1S/C22H19AsF3N3OS/c1-12-17-9-14(4-7-18(17)29-20(12)30)19-11-28-21(31-19)27-10-16(23)8-13-2-5-15(6-3-13)22(24,25)26/h2-7,9,11-12,16H,8,10H2,1H3,(H,27,28)(H,29,30)/t12?,16-/m0/s1. The first-order valence-corrected chi connectivity index (χ1v) is 11.6. The zero-order chi connectivity index (χ0) is 22.2. The van der Waals surface area contributed by atoms with Crippen molar-refractivity contribution >= 4 is 44.9 Å². The number of aromatic nitrogens is 1. The summed E-state index contributed by atoms with van der Waals surface area (Å²) in [5.74, 6) is -0.150. The SMILES string of the molecule is CC1C(=O)Nc2ccc(-c3cnc(NC[C@@H]([As])Cc4ccc(C(F)(F)F)cc4)s3)cc21. The van der Waals surface area contributed by atoms with Gasteiger partial charge in [-0.3, -0.25) is 0 Å². The molecule has 1 aromatic heterocycles. The van der Waals surface area contributed by atoms with Crippen LogP contribution in [0.4, 0.5) is 24.0 Å². The number of amides is 1. The number of thiazole rings is 1. The molecular weight excluding hydrogens is 486 g/mol. The number of anilines is 2. The van der Waals surface area contributed by atoms with Crippen molar-refractivity contribution in [2.75, 3.05) is 17.2 Å². The molecule has 0 fully saturated rings. The van der Waals surface area contributed by atoms with Crippen LogP contribution in [0.15, 0.2) is 48.7 Å². The van der Waals surface area contributed by atoms with Crippen LogP contribution in [0.5, 0.6) is 0 Å². The van der Waals surface area contributed by atoms with Crippen LogP contribution in [0.2, 0.25) is 4.71 Å². The van der Waals surface area contributed by atoms with Crippen LogP contribution < -0.4 is 10.6 Å². The average Bonchev–Trinajstić information content (AvgIpc) is 3.31. The van der Waals surface area contributed by atoms with Crippen molar-refractivity contribution in [2.45, 2.75) is 30.1 Å². The van der Waals surface area contributed by atoms with Gasteiger partial charge in [0.15, 0.2) is 0 Å². The normalized spacial score (nSPS) is 16.7. The van der Waals surface area contributed by atoms with Gasteiger partial charge in [0.2, 0.25) is 0 Å². The number of benzene rings is 2. The molecular formula is C22H19AsF3N3OS. The van der Waals surface area contributed by atoms with Gasteiger partial charge in [-0.1, -0.05) is 0 Å². The van der Waals surface area contributed by atoms with Gasteiger partial charge >= 0.3 is 191 Å². The Kier molecular flexibility index (Phi) is 6.13. The van der Waals surface area contributed by atoms with E-state index >= 15 is 0 Å². The van der Waals surface area contributed by atoms with Crippen molar-refractivity contribution in [3.63, 3.8) is 0 Å². The third-order valence-corrected chi connectivity index (χ3v) is 6.97. The fourth-order valence-electron chi connectivity index (χ4n) is 3.44. The molecule has 31 heavy (non-hydrogen) atoms. The zero-order valence-corrected chi connectivity index (χ0v) is 19.2. The summed E-state index contributed by atoms with van der Waals surface area (Å²) in [5, 5.41) is 6.96. The molecule has 4 rings (SSSR count). The van der Waals surface area contributed by atoms with E-state index in [2.05, 4.69) is 32.5 Å². The van der Waals surface area contributed by atoms with Crippen LogP contribution in [0.3, 0.4) is 0 Å². The van der Waals surface area contributed by atoms with Crippen LogP contribution >= 0.6 is 11.3 Å². The van der Waals surface area contributed by atoms with E-state index < -0.39 is 11.7 Å².